The van der Waals surface area contributed by atoms with Gasteiger partial charge < -0.3 is 9.47 Å². The molecule has 0 spiro atoms. The van der Waals surface area contributed by atoms with E-state index in [1.165, 1.54) is 5.56 Å². The van der Waals surface area contributed by atoms with Gasteiger partial charge in [0.1, 0.15) is 5.92 Å². The summed E-state index contributed by atoms with van der Waals surface area (Å²) in [6, 6.07) is 18.6. The Hall–Kier alpha value is -3.30. The number of benzene rings is 2. The highest BCUT2D eigenvalue weighted by Gasteiger charge is 2.38. The molecular formula is C23H24N4O2. The van der Waals surface area contributed by atoms with Crippen molar-refractivity contribution < 1.29 is 9.47 Å². The first-order valence-electron chi connectivity index (χ1n) is 9.70. The number of hydrogen-bond donors (Lipinski definition) is 1. The number of allylic oxidation sites excluding steroid dienone is 1. The fourth-order valence-electron chi connectivity index (χ4n) is 3.77. The Kier molecular flexibility index (Phi) is 5.50. The molecule has 6 heteroatoms. The van der Waals surface area contributed by atoms with Crippen LogP contribution in [-0.4, -0.2) is 37.7 Å². The van der Waals surface area contributed by atoms with Crippen LogP contribution in [0.25, 0.3) is 5.70 Å². The first-order chi connectivity index (χ1) is 14.2. The zero-order valence-electron chi connectivity index (χ0n) is 16.6. The van der Waals surface area contributed by atoms with Crippen molar-refractivity contribution in [2.45, 2.75) is 19.0 Å². The van der Waals surface area contributed by atoms with Crippen molar-refractivity contribution in [1.29, 1.82) is 5.26 Å². The minimum absolute atomic E-state index is 0.189. The van der Waals surface area contributed by atoms with Gasteiger partial charge in [0.25, 0.3) is 0 Å². The maximum absolute atomic E-state index is 9.56. The van der Waals surface area contributed by atoms with Crippen molar-refractivity contribution in [3.63, 3.8) is 0 Å². The summed E-state index contributed by atoms with van der Waals surface area (Å²) in [5, 5.41) is 11.6. The van der Waals surface area contributed by atoms with E-state index >= 15 is 0 Å². The molecule has 2 aliphatic heterocycles. The molecule has 6 nitrogen and oxygen atoms in total. The molecule has 1 N–H and O–H groups in total. The summed E-state index contributed by atoms with van der Waals surface area (Å²) in [6.45, 7) is 0.585. The van der Waals surface area contributed by atoms with Crippen LogP contribution in [0.5, 0.6) is 11.5 Å². The summed E-state index contributed by atoms with van der Waals surface area (Å²) in [5.41, 5.74) is 7.60. The number of hydrazine groups is 1. The van der Waals surface area contributed by atoms with E-state index in [1.807, 2.05) is 29.3 Å². The van der Waals surface area contributed by atoms with Crippen LogP contribution in [0.2, 0.25) is 0 Å². The van der Waals surface area contributed by atoms with Crippen LogP contribution in [-0.2, 0) is 6.42 Å². The van der Waals surface area contributed by atoms with Gasteiger partial charge in [0.2, 0.25) is 0 Å². The molecule has 1 saturated heterocycles. The average molecular weight is 388 g/mol. The highest BCUT2D eigenvalue weighted by Crippen LogP contribution is 2.35. The Bertz CT molecular complexity index is 978. The molecule has 0 aliphatic carbocycles. The van der Waals surface area contributed by atoms with Crippen LogP contribution in [0.3, 0.4) is 0 Å². The summed E-state index contributed by atoms with van der Waals surface area (Å²) in [4.78, 5) is 4.89. The van der Waals surface area contributed by atoms with Gasteiger partial charge in [0.15, 0.2) is 17.7 Å². The lowest BCUT2D eigenvalue weighted by Crippen LogP contribution is -2.38. The smallest absolute Gasteiger partial charge is 0.161 e. The zero-order valence-corrected chi connectivity index (χ0v) is 16.6. The SMILES string of the molecule is COc1ccc(C2=CC(CCc3ccccc3)=NC3C(C#N)CNN23)cc1OC. The molecule has 0 bridgehead atoms. The van der Waals surface area contributed by atoms with Gasteiger partial charge in [-0.3, -0.25) is 10.0 Å². The third-order valence-electron chi connectivity index (χ3n) is 5.32. The maximum Gasteiger partial charge on any atom is 0.161 e. The number of nitrogens with one attached hydrogen (secondary N) is 1. The van der Waals surface area contributed by atoms with Crippen LogP contribution in [0, 0.1) is 17.2 Å². The van der Waals surface area contributed by atoms with Crippen LogP contribution in [0.4, 0.5) is 0 Å². The summed E-state index contributed by atoms with van der Waals surface area (Å²) < 4.78 is 10.8. The number of rotatable bonds is 6. The molecule has 0 aromatic heterocycles. The minimum Gasteiger partial charge on any atom is -0.493 e. The Balaban J connectivity index is 1.66. The van der Waals surface area contributed by atoms with Crippen LogP contribution < -0.4 is 14.9 Å². The molecule has 2 atom stereocenters. The van der Waals surface area contributed by atoms with E-state index in [0.29, 0.717) is 18.0 Å². The molecule has 0 amide bonds. The normalized spacial score (nSPS) is 20.4. The van der Waals surface area contributed by atoms with E-state index in [-0.39, 0.29) is 12.1 Å². The van der Waals surface area contributed by atoms with Gasteiger partial charge in [-0.05, 0) is 42.7 Å². The van der Waals surface area contributed by atoms with E-state index in [2.05, 4.69) is 41.8 Å². The van der Waals surface area contributed by atoms with Crippen LogP contribution in [0.15, 0.2) is 59.6 Å². The average Bonchev–Trinajstić information content (AvgIpc) is 3.20. The number of methoxy groups -OCH3 is 2. The predicted octanol–water partition coefficient (Wildman–Crippen LogP) is 3.42. The Labute approximate surface area is 171 Å². The monoisotopic (exact) mass is 388 g/mol. The second kappa shape index (κ2) is 8.38. The van der Waals surface area contributed by atoms with E-state index in [9.17, 15) is 5.26 Å². The van der Waals surface area contributed by atoms with Crippen LogP contribution >= 0.6 is 0 Å². The lowest BCUT2D eigenvalue weighted by Gasteiger charge is -2.31. The Morgan fingerprint density at radius 3 is 2.62 bits per heavy atom. The van der Waals surface area contributed by atoms with E-state index < -0.39 is 0 Å². The van der Waals surface area contributed by atoms with Gasteiger partial charge >= 0.3 is 0 Å². The number of fused-ring (bicyclic) bond motifs is 1. The molecular weight excluding hydrogens is 364 g/mol. The summed E-state index contributed by atoms with van der Waals surface area (Å²) in [6.07, 6.45) is 3.61. The molecule has 2 aliphatic rings. The van der Waals surface area contributed by atoms with E-state index in [1.54, 1.807) is 14.2 Å². The topological polar surface area (TPSA) is 69.9 Å². The largest absolute Gasteiger partial charge is 0.493 e. The molecule has 148 valence electrons. The molecule has 2 heterocycles. The lowest BCUT2D eigenvalue weighted by molar-refractivity contribution is 0.287. The van der Waals surface area contributed by atoms with Crippen molar-refractivity contribution in [3.05, 3.63) is 65.7 Å². The predicted molar refractivity (Wildman–Crippen MR) is 112 cm³/mol. The molecule has 0 radical (unpaired) electrons. The first kappa shape index (κ1) is 19.0. The Morgan fingerprint density at radius 2 is 1.90 bits per heavy atom. The van der Waals surface area contributed by atoms with Gasteiger partial charge in [-0.15, -0.1) is 0 Å². The lowest BCUT2D eigenvalue weighted by atomic mass is 10.0. The fourth-order valence-corrected chi connectivity index (χ4v) is 3.77. The molecule has 2 aromatic carbocycles. The summed E-state index contributed by atoms with van der Waals surface area (Å²) in [5.74, 6) is 1.17. The number of ether oxygens (including phenoxy) is 2. The number of nitrogens with zero attached hydrogens (tertiary/aromatic N) is 3. The van der Waals surface area contributed by atoms with Crippen molar-refractivity contribution in [3.8, 4) is 17.6 Å². The van der Waals surface area contributed by atoms with Gasteiger partial charge in [-0.2, -0.15) is 5.26 Å². The van der Waals surface area contributed by atoms with Crippen molar-refractivity contribution in [2.75, 3.05) is 20.8 Å². The third-order valence-corrected chi connectivity index (χ3v) is 5.32. The molecule has 4 rings (SSSR count). The molecule has 2 aromatic rings. The Morgan fingerprint density at radius 1 is 1.10 bits per heavy atom. The number of nitriles is 1. The standard InChI is InChI=1S/C23H24N4O2/c1-28-21-11-9-17(12-22(21)29-2)20-13-19(10-8-16-6-4-3-5-7-16)26-23-18(14-24)15-25-27(20)23/h3-7,9,11-13,18,23,25H,8,10,15H2,1-2H3. The van der Waals surface area contributed by atoms with Gasteiger partial charge in [-0.1, -0.05) is 30.3 Å². The van der Waals surface area contributed by atoms with E-state index in [4.69, 9.17) is 14.5 Å². The van der Waals surface area contributed by atoms with Crippen molar-refractivity contribution in [1.82, 2.24) is 10.4 Å². The summed E-state index contributed by atoms with van der Waals surface area (Å²) in [7, 11) is 3.26. The highest BCUT2D eigenvalue weighted by atomic mass is 16.5. The number of aryl methyl sites for hydroxylation is 1. The van der Waals surface area contributed by atoms with Crippen LogP contribution in [0.1, 0.15) is 17.5 Å². The van der Waals surface area contributed by atoms with Crippen molar-refractivity contribution >= 4 is 11.4 Å². The summed E-state index contributed by atoms with van der Waals surface area (Å²) >= 11 is 0. The fraction of sp³-hybridized carbons (Fsp3) is 0.304. The molecule has 29 heavy (non-hydrogen) atoms. The van der Waals surface area contributed by atoms with E-state index in [0.717, 1.165) is 29.8 Å². The maximum atomic E-state index is 9.56. The first-order valence-corrected chi connectivity index (χ1v) is 9.70. The number of aliphatic imine (C=N–C) groups is 1. The second-order valence-electron chi connectivity index (χ2n) is 7.09. The van der Waals surface area contributed by atoms with Gasteiger partial charge in [0.05, 0.1) is 26.0 Å². The minimum atomic E-state index is -0.223. The molecule has 1 fully saturated rings. The van der Waals surface area contributed by atoms with Gasteiger partial charge in [0, 0.05) is 17.8 Å². The number of hydrogen-bond acceptors (Lipinski definition) is 6. The van der Waals surface area contributed by atoms with Crippen molar-refractivity contribution in [2.24, 2.45) is 10.9 Å². The van der Waals surface area contributed by atoms with Gasteiger partial charge in [-0.25, -0.2) is 5.43 Å². The molecule has 2 unspecified atom stereocenters. The third kappa shape index (κ3) is 3.82. The highest BCUT2D eigenvalue weighted by molar-refractivity contribution is 6.02. The quantitative estimate of drug-likeness (QED) is 0.821. The zero-order chi connectivity index (χ0) is 20.2. The second-order valence-corrected chi connectivity index (χ2v) is 7.09. The molecule has 0 saturated carbocycles.